The normalized spacial score (nSPS) is 20.9. The van der Waals surface area contributed by atoms with E-state index in [0.29, 0.717) is 18.4 Å². The van der Waals surface area contributed by atoms with Crippen molar-refractivity contribution in [1.82, 2.24) is 20.3 Å². The van der Waals surface area contributed by atoms with E-state index in [1.807, 2.05) is 0 Å². The average molecular weight is 334 g/mol. The fraction of sp³-hybridized carbons (Fsp3) is 0.812. The molecule has 2 saturated carbocycles. The Morgan fingerprint density at radius 3 is 2.54 bits per heavy atom. The number of rotatable bonds is 6. The third kappa shape index (κ3) is 4.36. The van der Waals surface area contributed by atoms with Gasteiger partial charge in [-0.15, -0.1) is 5.10 Å². The largest absolute Gasteiger partial charge is 0.475 e. The van der Waals surface area contributed by atoms with Crippen LogP contribution in [0, 0.1) is 5.92 Å². The Morgan fingerprint density at radius 2 is 1.88 bits per heavy atom. The number of carbonyl (C=O) groups excluding carboxylic acids is 1. The van der Waals surface area contributed by atoms with Gasteiger partial charge in [0.1, 0.15) is 0 Å². The Hall–Kier alpha value is -1.41. The maximum atomic E-state index is 12.4. The van der Waals surface area contributed by atoms with Gasteiger partial charge in [-0.05, 0) is 25.2 Å². The SMILES string of the molecule is O=C(N[C@@H](CC1CCCC1)B(O)O)c1cn(C2CCCCC2)nn1. The van der Waals surface area contributed by atoms with E-state index in [2.05, 4.69) is 15.6 Å². The lowest BCUT2D eigenvalue weighted by Gasteiger charge is -2.21. The number of amides is 1. The van der Waals surface area contributed by atoms with Crippen LogP contribution in [0.25, 0.3) is 0 Å². The van der Waals surface area contributed by atoms with Crippen molar-refractivity contribution in [3.63, 3.8) is 0 Å². The van der Waals surface area contributed by atoms with Gasteiger partial charge in [0.25, 0.3) is 5.91 Å². The van der Waals surface area contributed by atoms with Gasteiger partial charge in [0.15, 0.2) is 5.69 Å². The number of nitrogens with one attached hydrogen (secondary N) is 1. The maximum absolute atomic E-state index is 12.4. The summed E-state index contributed by atoms with van der Waals surface area (Å²) in [5.74, 6) is -0.580. The molecule has 2 fully saturated rings. The van der Waals surface area contributed by atoms with Gasteiger partial charge in [0.2, 0.25) is 0 Å². The zero-order valence-corrected chi connectivity index (χ0v) is 14.1. The summed E-state index contributed by atoms with van der Waals surface area (Å²) >= 11 is 0. The second-order valence-corrected chi connectivity index (χ2v) is 7.26. The highest BCUT2D eigenvalue weighted by molar-refractivity contribution is 6.43. The minimum Gasteiger partial charge on any atom is -0.426 e. The number of hydrogen-bond acceptors (Lipinski definition) is 5. The summed E-state index contributed by atoms with van der Waals surface area (Å²) in [6.07, 6.45) is 12.6. The van der Waals surface area contributed by atoms with Crippen molar-refractivity contribution in [3.05, 3.63) is 11.9 Å². The lowest BCUT2D eigenvalue weighted by molar-refractivity contribution is 0.0932. The highest BCUT2D eigenvalue weighted by Gasteiger charge is 2.30. The molecule has 7 nitrogen and oxygen atoms in total. The van der Waals surface area contributed by atoms with E-state index < -0.39 is 13.1 Å². The molecule has 2 aliphatic rings. The minimum atomic E-state index is -1.55. The molecule has 1 aromatic heterocycles. The first-order valence-electron chi connectivity index (χ1n) is 9.22. The number of aromatic nitrogens is 3. The van der Waals surface area contributed by atoms with E-state index in [0.717, 1.165) is 25.7 Å². The lowest BCUT2D eigenvalue weighted by atomic mass is 9.74. The smallest absolute Gasteiger partial charge is 0.426 e. The molecule has 0 aliphatic heterocycles. The van der Waals surface area contributed by atoms with Gasteiger partial charge in [-0.3, -0.25) is 4.79 Å². The van der Waals surface area contributed by atoms with Crippen LogP contribution >= 0.6 is 0 Å². The molecule has 1 heterocycles. The summed E-state index contributed by atoms with van der Waals surface area (Å²) in [5.41, 5.74) is 0.248. The zero-order valence-electron chi connectivity index (χ0n) is 14.1. The fourth-order valence-electron chi connectivity index (χ4n) is 4.01. The molecule has 3 rings (SSSR count). The van der Waals surface area contributed by atoms with Crippen molar-refractivity contribution in [2.75, 3.05) is 0 Å². The van der Waals surface area contributed by atoms with E-state index in [4.69, 9.17) is 0 Å². The average Bonchev–Trinajstić information content (AvgIpc) is 3.26. The van der Waals surface area contributed by atoms with Crippen molar-refractivity contribution in [2.45, 2.75) is 76.2 Å². The van der Waals surface area contributed by atoms with Crippen LogP contribution in [-0.2, 0) is 0 Å². The summed E-state index contributed by atoms with van der Waals surface area (Å²) in [6.45, 7) is 0. The molecule has 2 aliphatic carbocycles. The Kier molecular flexibility index (Phi) is 5.89. The van der Waals surface area contributed by atoms with Crippen LogP contribution in [0.15, 0.2) is 6.20 Å². The second kappa shape index (κ2) is 8.12. The van der Waals surface area contributed by atoms with Crippen LogP contribution in [0.2, 0.25) is 0 Å². The van der Waals surface area contributed by atoms with Gasteiger partial charge in [-0.25, -0.2) is 4.68 Å². The van der Waals surface area contributed by atoms with E-state index in [1.165, 1.54) is 32.1 Å². The molecule has 1 aromatic rings. The molecule has 0 radical (unpaired) electrons. The number of hydrogen-bond donors (Lipinski definition) is 3. The summed E-state index contributed by atoms with van der Waals surface area (Å²) in [4.78, 5) is 12.4. The van der Waals surface area contributed by atoms with Crippen molar-refractivity contribution in [2.24, 2.45) is 5.92 Å². The first-order valence-corrected chi connectivity index (χ1v) is 9.22. The maximum Gasteiger partial charge on any atom is 0.475 e. The number of carbonyl (C=O) groups is 1. The summed E-state index contributed by atoms with van der Waals surface area (Å²) in [7, 11) is -1.55. The Balaban J connectivity index is 1.58. The second-order valence-electron chi connectivity index (χ2n) is 7.26. The van der Waals surface area contributed by atoms with Gasteiger partial charge in [-0.1, -0.05) is 50.2 Å². The molecular weight excluding hydrogens is 307 g/mol. The van der Waals surface area contributed by atoms with Gasteiger partial charge < -0.3 is 15.4 Å². The molecule has 1 atom stereocenters. The van der Waals surface area contributed by atoms with Crippen LogP contribution in [0.5, 0.6) is 0 Å². The first kappa shape index (κ1) is 17.4. The molecule has 1 amide bonds. The van der Waals surface area contributed by atoms with Crippen LogP contribution < -0.4 is 5.32 Å². The van der Waals surface area contributed by atoms with Gasteiger partial charge >= 0.3 is 7.12 Å². The third-order valence-electron chi connectivity index (χ3n) is 5.43. The first-order chi connectivity index (χ1) is 11.6. The molecule has 0 aromatic carbocycles. The summed E-state index contributed by atoms with van der Waals surface area (Å²) in [6, 6.07) is 0.325. The monoisotopic (exact) mass is 334 g/mol. The molecule has 8 heteroatoms. The fourth-order valence-corrected chi connectivity index (χ4v) is 4.01. The predicted molar refractivity (Wildman–Crippen MR) is 90.2 cm³/mol. The molecule has 0 unspecified atom stereocenters. The summed E-state index contributed by atoms with van der Waals surface area (Å²) in [5, 5.41) is 29.9. The van der Waals surface area contributed by atoms with Crippen molar-refractivity contribution in [1.29, 1.82) is 0 Å². The van der Waals surface area contributed by atoms with Crippen LogP contribution in [0.3, 0.4) is 0 Å². The molecule has 24 heavy (non-hydrogen) atoms. The van der Waals surface area contributed by atoms with Crippen LogP contribution in [0.4, 0.5) is 0 Å². The van der Waals surface area contributed by atoms with Crippen molar-refractivity contribution >= 4 is 13.0 Å². The lowest BCUT2D eigenvalue weighted by Crippen LogP contribution is -2.47. The molecule has 0 saturated heterocycles. The van der Waals surface area contributed by atoms with E-state index >= 15 is 0 Å². The van der Waals surface area contributed by atoms with Crippen molar-refractivity contribution in [3.8, 4) is 0 Å². The molecular formula is C16H27BN4O3. The Bertz CT molecular complexity index is 539. The van der Waals surface area contributed by atoms with Gasteiger partial charge in [-0.2, -0.15) is 0 Å². The van der Waals surface area contributed by atoms with Gasteiger partial charge in [0, 0.05) is 0 Å². The van der Waals surface area contributed by atoms with E-state index in [-0.39, 0.29) is 11.6 Å². The quantitative estimate of drug-likeness (QED) is 0.684. The molecule has 0 bridgehead atoms. The molecule has 3 N–H and O–H groups in total. The molecule has 0 spiro atoms. The minimum absolute atomic E-state index is 0.248. The highest BCUT2D eigenvalue weighted by atomic mass is 16.4. The van der Waals surface area contributed by atoms with Gasteiger partial charge in [0.05, 0.1) is 18.2 Å². The van der Waals surface area contributed by atoms with Crippen molar-refractivity contribution < 1.29 is 14.8 Å². The topological polar surface area (TPSA) is 100 Å². The highest BCUT2D eigenvalue weighted by Crippen LogP contribution is 2.29. The Labute approximate surface area is 143 Å². The predicted octanol–water partition coefficient (Wildman–Crippen LogP) is 1.47. The summed E-state index contributed by atoms with van der Waals surface area (Å²) < 4.78 is 1.79. The van der Waals surface area contributed by atoms with E-state index in [9.17, 15) is 14.8 Å². The number of nitrogens with zero attached hydrogens (tertiary/aromatic N) is 3. The van der Waals surface area contributed by atoms with Crippen LogP contribution in [-0.4, -0.2) is 44.0 Å². The standard InChI is InChI=1S/C16H27BN4O3/c22-16(18-15(17(23)24)10-12-6-4-5-7-12)14-11-21(20-19-14)13-8-2-1-3-9-13/h11-13,15,23-24H,1-10H2,(H,18,22)/t15-/m0/s1. The van der Waals surface area contributed by atoms with E-state index in [1.54, 1.807) is 10.9 Å². The van der Waals surface area contributed by atoms with Crippen LogP contribution in [0.1, 0.15) is 80.7 Å². The Morgan fingerprint density at radius 1 is 1.21 bits per heavy atom. The third-order valence-corrected chi connectivity index (χ3v) is 5.43. The molecule has 132 valence electrons. The zero-order chi connectivity index (χ0) is 16.9.